The van der Waals surface area contributed by atoms with Crippen LogP contribution in [0.4, 0.5) is 4.39 Å². The highest BCUT2D eigenvalue weighted by Crippen LogP contribution is 2.25. The maximum absolute atomic E-state index is 12.9. The van der Waals surface area contributed by atoms with Gasteiger partial charge in [0.05, 0.1) is 12.1 Å². The van der Waals surface area contributed by atoms with Crippen molar-refractivity contribution in [3.05, 3.63) is 40.3 Å². The van der Waals surface area contributed by atoms with E-state index in [2.05, 4.69) is 10.0 Å². The Hall–Kier alpha value is -1.31. The Labute approximate surface area is 119 Å². The Bertz CT molecular complexity index is 453. The lowest BCUT2D eigenvalue weighted by Gasteiger charge is -2.20. The molecule has 0 aliphatic carbocycles. The van der Waals surface area contributed by atoms with E-state index in [0.29, 0.717) is 22.8 Å². The summed E-state index contributed by atoms with van der Waals surface area (Å²) in [5.41, 5.74) is 14.4. The highest BCUT2D eigenvalue weighted by atomic mass is 32.2. The second-order valence-corrected chi connectivity index (χ2v) is 5.56. The highest BCUT2D eigenvalue weighted by molar-refractivity contribution is 7.91. The zero-order valence-corrected chi connectivity index (χ0v) is 11.9. The van der Waals surface area contributed by atoms with E-state index in [-0.39, 0.29) is 0 Å². The summed E-state index contributed by atoms with van der Waals surface area (Å²) in [6.45, 7) is -0.473. The molecule has 0 aliphatic rings. The lowest BCUT2D eigenvalue weighted by atomic mass is 10.0. The standard InChI is InChI=1S/C12H17FN4O2S/c1-19-12(11(8-13)16-17-15)9-2-4-10(5-3-9)20(18)7-6-14/h2-5,11-12H,6-8,14H2,1H3/t11-,12-,20?/m1/s1. The van der Waals surface area contributed by atoms with Gasteiger partial charge in [0.1, 0.15) is 12.4 Å². The van der Waals surface area contributed by atoms with E-state index in [0.717, 1.165) is 0 Å². The average molecular weight is 300 g/mol. The zero-order valence-electron chi connectivity index (χ0n) is 11.1. The minimum Gasteiger partial charge on any atom is -0.611 e. The monoisotopic (exact) mass is 300 g/mol. The summed E-state index contributed by atoms with van der Waals surface area (Å²) in [6, 6.07) is 5.81. The summed E-state index contributed by atoms with van der Waals surface area (Å²) < 4.78 is 29.8. The maximum Gasteiger partial charge on any atom is 0.152 e. The molecule has 1 aromatic carbocycles. The van der Waals surface area contributed by atoms with Crippen LogP contribution in [0.5, 0.6) is 0 Å². The summed E-state index contributed by atoms with van der Waals surface area (Å²) in [7, 11) is 1.42. The summed E-state index contributed by atoms with van der Waals surface area (Å²) in [6.07, 6.45) is -0.673. The summed E-state index contributed by atoms with van der Waals surface area (Å²) >= 11 is -1.14. The fourth-order valence-corrected chi connectivity index (χ4v) is 2.68. The van der Waals surface area contributed by atoms with Crippen molar-refractivity contribution < 1.29 is 13.7 Å². The minimum atomic E-state index is -1.14. The minimum absolute atomic E-state index is 0.343. The topological polar surface area (TPSA) is 107 Å². The second kappa shape index (κ2) is 8.78. The van der Waals surface area contributed by atoms with Gasteiger partial charge in [-0.05, 0) is 34.4 Å². The zero-order chi connectivity index (χ0) is 15.0. The van der Waals surface area contributed by atoms with Gasteiger partial charge in [0.15, 0.2) is 4.90 Å². The summed E-state index contributed by atoms with van der Waals surface area (Å²) in [4.78, 5) is 3.26. The lowest BCUT2D eigenvalue weighted by Crippen LogP contribution is -2.20. The molecular formula is C12H17FN4O2S. The van der Waals surface area contributed by atoms with Gasteiger partial charge in [-0.3, -0.25) is 4.39 Å². The van der Waals surface area contributed by atoms with Crippen LogP contribution in [0.25, 0.3) is 10.4 Å². The fraction of sp³-hybridized carbons (Fsp3) is 0.500. The van der Waals surface area contributed by atoms with Crippen LogP contribution in [0.15, 0.2) is 34.3 Å². The van der Waals surface area contributed by atoms with Crippen LogP contribution >= 0.6 is 0 Å². The van der Waals surface area contributed by atoms with Gasteiger partial charge in [-0.25, -0.2) is 0 Å². The van der Waals surface area contributed by atoms with Crippen LogP contribution in [-0.4, -0.2) is 36.7 Å². The van der Waals surface area contributed by atoms with E-state index in [1.165, 1.54) is 7.11 Å². The normalized spacial score (nSPS) is 15.2. The molecule has 0 heterocycles. The van der Waals surface area contributed by atoms with Crippen LogP contribution < -0.4 is 5.73 Å². The number of benzene rings is 1. The molecule has 110 valence electrons. The van der Waals surface area contributed by atoms with E-state index in [1.54, 1.807) is 24.3 Å². The van der Waals surface area contributed by atoms with E-state index >= 15 is 0 Å². The molecule has 1 aromatic rings. The van der Waals surface area contributed by atoms with Gasteiger partial charge in [-0.2, -0.15) is 0 Å². The number of azide groups is 1. The van der Waals surface area contributed by atoms with Gasteiger partial charge >= 0.3 is 0 Å². The molecule has 0 radical (unpaired) electrons. The molecule has 1 unspecified atom stereocenters. The predicted octanol–water partition coefficient (Wildman–Crippen LogP) is 2.09. The van der Waals surface area contributed by atoms with Crippen molar-refractivity contribution in [2.75, 3.05) is 26.1 Å². The Balaban J connectivity index is 2.91. The number of nitrogens with zero attached hydrogens (tertiary/aromatic N) is 3. The predicted molar refractivity (Wildman–Crippen MR) is 75.4 cm³/mol. The van der Waals surface area contributed by atoms with Crippen molar-refractivity contribution in [2.24, 2.45) is 10.8 Å². The number of alkyl halides is 1. The molecule has 0 amide bonds. The fourth-order valence-electron chi connectivity index (χ4n) is 1.79. The summed E-state index contributed by atoms with van der Waals surface area (Å²) in [5.74, 6) is 0.388. The molecule has 0 saturated carbocycles. The molecule has 6 nitrogen and oxygen atoms in total. The average Bonchev–Trinajstić information content (AvgIpc) is 2.48. The Morgan fingerprint density at radius 1 is 1.50 bits per heavy atom. The van der Waals surface area contributed by atoms with Gasteiger partial charge < -0.3 is 15.0 Å². The van der Waals surface area contributed by atoms with Crippen molar-refractivity contribution in [2.45, 2.75) is 17.0 Å². The molecule has 0 saturated heterocycles. The molecule has 20 heavy (non-hydrogen) atoms. The SMILES string of the molecule is CO[C@H](c1ccc([S+]([O-])CCN)cc1)[C@@H](CF)N=[N+]=[N-]. The van der Waals surface area contributed by atoms with Gasteiger partial charge in [-0.1, -0.05) is 17.2 Å². The molecule has 0 aliphatic heterocycles. The number of ether oxygens (including phenoxy) is 1. The molecule has 3 atom stereocenters. The second-order valence-electron chi connectivity index (χ2n) is 3.99. The number of hydrogen-bond acceptors (Lipinski definition) is 4. The molecule has 0 fully saturated rings. The smallest absolute Gasteiger partial charge is 0.152 e. The first kappa shape index (κ1) is 16.7. The molecule has 0 bridgehead atoms. The Morgan fingerprint density at radius 3 is 2.60 bits per heavy atom. The largest absolute Gasteiger partial charge is 0.611 e. The molecule has 0 aromatic heterocycles. The first-order valence-corrected chi connectivity index (χ1v) is 7.31. The quantitative estimate of drug-likeness (QED) is 0.343. The summed E-state index contributed by atoms with van der Waals surface area (Å²) in [5, 5.41) is 3.38. The van der Waals surface area contributed by atoms with E-state index in [9.17, 15) is 8.94 Å². The number of rotatable bonds is 8. The number of hydrogen-bond donors (Lipinski definition) is 1. The lowest BCUT2D eigenvalue weighted by molar-refractivity contribution is 0.0721. The number of halogens is 1. The molecular weight excluding hydrogens is 283 g/mol. The van der Waals surface area contributed by atoms with Crippen LogP contribution in [0.1, 0.15) is 11.7 Å². The molecule has 8 heteroatoms. The van der Waals surface area contributed by atoms with Gasteiger partial charge in [0, 0.05) is 18.6 Å². The van der Waals surface area contributed by atoms with Gasteiger partial charge in [0.25, 0.3) is 0 Å². The highest BCUT2D eigenvalue weighted by Gasteiger charge is 2.22. The molecule has 1 rings (SSSR count). The van der Waals surface area contributed by atoms with Crippen molar-refractivity contribution in [3.63, 3.8) is 0 Å². The Kier molecular flexibility index (Phi) is 7.35. The van der Waals surface area contributed by atoms with Gasteiger partial charge in [0.2, 0.25) is 0 Å². The third-order valence-corrected chi connectivity index (χ3v) is 4.14. The molecule has 2 N–H and O–H groups in total. The third kappa shape index (κ3) is 4.36. The number of nitrogens with two attached hydrogens (primary N) is 1. The van der Waals surface area contributed by atoms with Crippen molar-refractivity contribution in [3.8, 4) is 0 Å². The third-order valence-electron chi connectivity index (χ3n) is 2.74. The van der Waals surface area contributed by atoms with Crippen molar-refractivity contribution in [1.82, 2.24) is 0 Å². The number of methoxy groups -OCH3 is 1. The van der Waals surface area contributed by atoms with E-state index in [1.807, 2.05) is 0 Å². The van der Waals surface area contributed by atoms with E-state index in [4.69, 9.17) is 16.0 Å². The van der Waals surface area contributed by atoms with Crippen LogP contribution in [0, 0.1) is 0 Å². The van der Waals surface area contributed by atoms with Crippen molar-refractivity contribution >= 4 is 11.2 Å². The van der Waals surface area contributed by atoms with Crippen LogP contribution in [0.2, 0.25) is 0 Å². The first-order valence-electron chi connectivity index (χ1n) is 5.99. The van der Waals surface area contributed by atoms with E-state index < -0.39 is 30.0 Å². The Morgan fingerprint density at radius 2 is 2.15 bits per heavy atom. The first-order chi connectivity index (χ1) is 9.67. The maximum atomic E-state index is 12.9. The molecule has 0 spiro atoms. The van der Waals surface area contributed by atoms with Crippen LogP contribution in [-0.2, 0) is 15.9 Å². The van der Waals surface area contributed by atoms with Gasteiger partial charge in [-0.15, -0.1) is 0 Å². The van der Waals surface area contributed by atoms with Crippen molar-refractivity contribution in [1.29, 1.82) is 0 Å². The van der Waals surface area contributed by atoms with Crippen LogP contribution in [0.3, 0.4) is 0 Å².